The van der Waals surface area contributed by atoms with Crippen molar-refractivity contribution in [3.8, 4) is 0 Å². The zero-order valence-corrected chi connectivity index (χ0v) is 19.0. The summed E-state index contributed by atoms with van der Waals surface area (Å²) >= 11 is 3.67. The van der Waals surface area contributed by atoms with Crippen LogP contribution in [0.25, 0.3) is 0 Å². The smallest absolute Gasteiger partial charge is 0.0506 e. The second kappa shape index (κ2) is 12.2. The number of thioether (sulfide) groups is 2. The van der Waals surface area contributed by atoms with Gasteiger partial charge in [-0.15, -0.1) is 23.5 Å². The predicted molar refractivity (Wildman–Crippen MR) is 130 cm³/mol. The van der Waals surface area contributed by atoms with Crippen LogP contribution in [0.4, 0.5) is 0 Å². The maximum Gasteiger partial charge on any atom is 0.0506 e. The molecule has 2 heterocycles. The Bertz CT molecular complexity index is 902. The monoisotopic (exact) mass is 430 g/mol. The third kappa shape index (κ3) is 8.05. The molecule has 0 saturated heterocycles. The maximum atomic E-state index is 4.29. The van der Waals surface area contributed by atoms with E-state index in [0.29, 0.717) is 0 Å². The van der Waals surface area contributed by atoms with E-state index in [4.69, 9.17) is 0 Å². The van der Waals surface area contributed by atoms with Gasteiger partial charge in [-0.1, -0.05) is 41.5 Å². The molecule has 0 fully saturated rings. The topological polar surface area (TPSA) is 25.8 Å². The van der Waals surface area contributed by atoms with Crippen LogP contribution in [0.3, 0.4) is 0 Å². The molecule has 152 valence electrons. The molecule has 0 atom stereocenters. The van der Waals surface area contributed by atoms with E-state index in [2.05, 4.69) is 90.5 Å². The molecule has 4 heteroatoms. The zero-order chi connectivity index (χ0) is 21.0. The number of benzene rings is 2. The molecule has 2 aromatic carbocycles. The summed E-state index contributed by atoms with van der Waals surface area (Å²) in [6, 6.07) is 27.4. The van der Waals surface area contributed by atoms with Gasteiger partial charge >= 0.3 is 0 Å². The Morgan fingerprint density at radius 2 is 1.17 bits per heavy atom. The quantitative estimate of drug-likeness (QED) is 0.298. The van der Waals surface area contributed by atoms with Gasteiger partial charge < -0.3 is 0 Å². The van der Waals surface area contributed by atoms with Crippen molar-refractivity contribution < 1.29 is 0 Å². The van der Waals surface area contributed by atoms with E-state index in [-0.39, 0.29) is 0 Å². The van der Waals surface area contributed by atoms with Crippen LogP contribution in [-0.4, -0.2) is 9.97 Å². The highest BCUT2D eigenvalue weighted by Crippen LogP contribution is 2.23. The summed E-state index contributed by atoms with van der Waals surface area (Å²) < 4.78 is 0. The van der Waals surface area contributed by atoms with Gasteiger partial charge in [0.1, 0.15) is 0 Å². The summed E-state index contributed by atoms with van der Waals surface area (Å²) in [6.07, 6.45) is 5.51. The molecule has 2 nitrogen and oxygen atoms in total. The lowest BCUT2D eigenvalue weighted by Crippen LogP contribution is -1.84. The van der Waals surface area contributed by atoms with Gasteiger partial charge in [0.25, 0.3) is 0 Å². The van der Waals surface area contributed by atoms with Crippen molar-refractivity contribution >= 4 is 23.5 Å². The largest absolute Gasteiger partial charge is 0.265 e. The van der Waals surface area contributed by atoms with E-state index in [9.17, 15) is 0 Å². The van der Waals surface area contributed by atoms with Crippen molar-refractivity contribution in [2.24, 2.45) is 0 Å². The number of hydrogen-bond donors (Lipinski definition) is 0. The van der Waals surface area contributed by atoms with Crippen molar-refractivity contribution in [3.05, 3.63) is 120 Å². The van der Waals surface area contributed by atoms with Crippen molar-refractivity contribution in [2.45, 2.75) is 35.1 Å². The van der Waals surface area contributed by atoms with Crippen LogP contribution in [0, 0.1) is 13.8 Å². The second-order valence-electron chi connectivity index (χ2n) is 6.88. The minimum Gasteiger partial charge on any atom is -0.265 e. The number of hydrogen-bond acceptors (Lipinski definition) is 4. The van der Waals surface area contributed by atoms with Gasteiger partial charge in [-0.25, -0.2) is 0 Å². The molecule has 0 aliphatic rings. The molecule has 0 amide bonds. The third-order valence-electron chi connectivity index (χ3n) is 4.31. The highest BCUT2D eigenvalue weighted by atomic mass is 32.2. The van der Waals surface area contributed by atoms with Gasteiger partial charge in [0.05, 0.1) is 5.69 Å². The van der Waals surface area contributed by atoms with Crippen molar-refractivity contribution in [1.82, 2.24) is 9.97 Å². The third-order valence-corrected chi connectivity index (χ3v) is 6.44. The summed E-state index contributed by atoms with van der Waals surface area (Å²) in [7, 11) is 0. The van der Waals surface area contributed by atoms with E-state index in [0.717, 1.165) is 17.2 Å². The fraction of sp³-hybridized carbons (Fsp3) is 0.154. The molecule has 2 aromatic heterocycles. The SMILES string of the molecule is Cc1ccc(SCc2ccccn2)cc1.Cc1ccc(SCc2ccncc2)cc1. The number of aromatic nitrogens is 2. The number of nitrogens with zero attached hydrogens (tertiary/aromatic N) is 2. The Morgan fingerprint density at radius 1 is 0.600 bits per heavy atom. The van der Waals surface area contributed by atoms with Crippen LogP contribution in [0.15, 0.2) is 107 Å². The molecule has 4 aromatic rings. The molecule has 4 rings (SSSR count). The Kier molecular flexibility index (Phi) is 9.01. The van der Waals surface area contributed by atoms with E-state index < -0.39 is 0 Å². The van der Waals surface area contributed by atoms with Crippen LogP contribution in [-0.2, 0) is 11.5 Å². The zero-order valence-electron chi connectivity index (χ0n) is 17.4. The summed E-state index contributed by atoms with van der Waals surface area (Å²) in [6.45, 7) is 4.21. The van der Waals surface area contributed by atoms with Gasteiger partial charge in [-0.05, 0) is 67.9 Å². The number of aryl methyl sites for hydroxylation is 2. The molecule has 30 heavy (non-hydrogen) atoms. The van der Waals surface area contributed by atoms with Gasteiger partial charge in [0.15, 0.2) is 0 Å². The predicted octanol–water partition coefficient (Wildman–Crippen LogP) is 7.36. The molecule has 0 radical (unpaired) electrons. The lowest BCUT2D eigenvalue weighted by molar-refractivity contribution is 1.17. The number of rotatable bonds is 6. The molecular weight excluding hydrogens is 404 g/mol. The summed E-state index contributed by atoms with van der Waals surface area (Å²) in [5.74, 6) is 1.94. The molecule has 0 aliphatic carbocycles. The van der Waals surface area contributed by atoms with Crippen LogP contribution in [0.1, 0.15) is 22.4 Å². The molecular formula is C26H26N2S2. The van der Waals surface area contributed by atoms with Gasteiger partial charge in [0.2, 0.25) is 0 Å². The van der Waals surface area contributed by atoms with E-state index >= 15 is 0 Å². The standard InChI is InChI=1S/2C13H13NS/c1-11-2-4-13(5-3-11)15-10-12-6-8-14-9-7-12;1-11-5-7-13(8-6-11)15-10-12-4-2-3-9-14-12/h2*2-9H,10H2,1H3. The Hall–Kier alpha value is -2.56. The first-order valence-electron chi connectivity index (χ1n) is 9.87. The molecule has 0 unspecified atom stereocenters. The second-order valence-corrected chi connectivity index (χ2v) is 8.98. The van der Waals surface area contributed by atoms with Gasteiger partial charge in [-0.3, -0.25) is 9.97 Å². The van der Waals surface area contributed by atoms with Gasteiger partial charge in [0, 0.05) is 39.9 Å². The van der Waals surface area contributed by atoms with Crippen LogP contribution < -0.4 is 0 Å². The van der Waals surface area contributed by atoms with E-state index in [1.807, 2.05) is 54.2 Å². The Balaban J connectivity index is 0.000000171. The minimum atomic E-state index is 0.934. The molecule has 0 saturated carbocycles. The van der Waals surface area contributed by atoms with E-state index in [1.165, 1.54) is 26.5 Å². The first-order chi connectivity index (χ1) is 14.7. The summed E-state index contributed by atoms with van der Waals surface area (Å²) in [5.41, 5.74) is 5.05. The van der Waals surface area contributed by atoms with Crippen molar-refractivity contribution in [2.75, 3.05) is 0 Å². The van der Waals surface area contributed by atoms with Crippen molar-refractivity contribution in [1.29, 1.82) is 0 Å². The molecule has 0 bridgehead atoms. The van der Waals surface area contributed by atoms with E-state index in [1.54, 1.807) is 0 Å². The summed E-state index contributed by atoms with van der Waals surface area (Å²) in [5, 5.41) is 0. The molecule has 0 aliphatic heterocycles. The van der Waals surface area contributed by atoms with Gasteiger partial charge in [-0.2, -0.15) is 0 Å². The molecule has 0 spiro atoms. The number of pyridine rings is 2. The average Bonchev–Trinajstić information content (AvgIpc) is 2.80. The lowest BCUT2D eigenvalue weighted by atomic mass is 10.2. The first-order valence-corrected chi connectivity index (χ1v) is 11.8. The Morgan fingerprint density at radius 3 is 1.70 bits per heavy atom. The van der Waals surface area contributed by atoms with Crippen LogP contribution in [0.2, 0.25) is 0 Å². The molecule has 0 N–H and O–H groups in total. The van der Waals surface area contributed by atoms with Crippen LogP contribution in [0.5, 0.6) is 0 Å². The normalized spacial score (nSPS) is 10.2. The minimum absolute atomic E-state index is 0.934. The maximum absolute atomic E-state index is 4.29. The van der Waals surface area contributed by atoms with Crippen molar-refractivity contribution in [3.63, 3.8) is 0 Å². The van der Waals surface area contributed by atoms with Crippen LogP contribution >= 0.6 is 23.5 Å². The Labute approximate surface area is 188 Å². The first kappa shape index (κ1) is 22.1. The average molecular weight is 431 g/mol. The fourth-order valence-corrected chi connectivity index (χ4v) is 4.22. The highest BCUT2D eigenvalue weighted by molar-refractivity contribution is 7.98. The summed E-state index contributed by atoms with van der Waals surface area (Å²) in [4.78, 5) is 10.9. The fourth-order valence-electron chi connectivity index (χ4n) is 2.56. The highest BCUT2D eigenvalue weighted by Gasteiger charge is 1.96. The lowest BCUT2D eigenvalue weighted by Gasteiger charge is -2.01.